The predicted octanol–water partition coefficient (Wildman–Crippen LogP) is 2.63. The fourth-order valence-corrected chi connectivity index (χ4v) is 1.87. The Hall–Kier alpha value is -1.59. The summed E-state index contributed by atoms with van der Waals surface area (Å²) < 4.78 is 0. The molecule has 2 aromatic rings. The van der Waals surface area contributed by atoms with Crippen LogP contribution in [0, 0.1) is 0 Å². The zero-order valence-electron chi connectivity index (χ0n) is 8.11. The maximum absolute atomic E-state index is 11.7. The van der Waals surface area contributed by atoms with Gasteiger partial charge in [0.2, 0.25) is 0 Å². The van der Waals surface area contributed by atoms with Crippen molar-refractivity contribution in [2.75, 3.05) is 11.1 Å². The molecule has 0 aliphatic carbocycles. The lowest BCUT2D eigenvalue weighted by atomic mass is 10.3. The summed E-state index contributed by atoms with van der Waals surface area (Å²) in [5.41, 5.74) is 6.29. The minimum Gasteiger partial charge on any atom is -0.375 e. The molecule has 2 rings (SSSR count). The smallest absolute Gasteiger partial charge is 0.275 e. The molecule has 0 saturated heterocycles. The molecule has 0 aliphatic rings. The Morgan fingerprint density at radius 3 is 2.81 bits per heavy atom. The molecular formula is C10H8ClN3OS. The van der Waals surface area contributed by atoms with Crippen LogP contribution in [-0.4, -0.2) is 10.9 Å². The number of nitrogens with one attached hydrogen (secondary N) is 1. The van der Waals surface area contributed by atoms with Crippen LogP contribution in [0.25, 0.3) is 0 Å². The molecule has 1 aromatic heterocycles. The number of halogens is 1. The molecule has 16 heavy (non-hydrogen) atoms. The molecular weight excluding hydrogens is 246 g/mol. The van der Waals surface area contributed by atoms with Gasteiger partial charge in [-0.25, -0.2) is 4.98 Å². The van der Waals surface area contributed by atoms with Gasteiger partial charge in [-0.2, -0.15) is 0 Å². The fourth-order valence-electron chi connectivity index (χ4n) is 1.14. The van der Waals surface area contributed by atoms with E-state index in [1.807, 2.05) is 0 Å². The van der Waals surface area contributed by atoms with Gasteiger partial charge in [0.05, 0.1) is 10.7 Å². The average molecular weight is 254 g/mol. The summed E-state index contributed by atoms with van der Waals surface area (Å²) in [6.07, 6.45) is 0. The molecule has 82 valence electrons. The lowest BCUT2D eigenvalue weighted by Gasteiger charge is -2.04. The second kappa shape index (κ2) is 4.51. The molecule has 0 bridgehead atoms. The number of benzene rings is 1. The SMILES string of the molecule is Nc1nc(C(=O)Nc2ccccc2Cl)cs1. The molecule has 1 aromatic carbocycles. The molecule has 0 unspecified atom stereocenters. The second-order valence-corrected chi connectivity index (χ2v) is 4.30. The van der Waals surface area contributed by atoms with Crippen molar-refractivity contribution in [1.29, 1.82) is 0 Å². The van der Waals surface area contributed by atoms with Gasteiger partial charge >= 0.3 is 0 Å². The van der Waals surface area contributed by atoms with Gasteiger partial charge in [-0.3, -0.25) is 4.79 Å². The van der Waals surface area contributed by atoms with E-state index >= 15 is 0 Å². The molecule has 1 heterocycles. The van der Waals surface area contributed by atoms with Crippen LogP contribution >= 0.6 is 22.9 Å². The standard InChI is InChI=1S/C10H8ClN3OS/c11-6-3-1-2-4-7(6)13-9(15)8-5-16-10(12)14-8/h1-5H,(H2,12,14)(H,13,15). The van der Waals surface area contributed by atoms with Gasteiger partial charge in [-0.15, -0.1) is 11.3 Å². The van der Waals surface area contributed by atoms with Crippen molar-refractivity contribution >= 4 is 39.7 Å². The summed E-state index contributed by atoms with van der Waals surface area (Å²) in [6, 6.07) is 7.00. The molecule has 6 heteroatoms. The van der Waals surface area contributed by atoms with Crippen molar-refractivity contribution in [3.8, 4) is 0 Å². The van der Waals surface area contributed by atoms with Gasteiger partial charge in [0.1, 0.15) is 5.69 Å². The van der Waals surface area contributed by atoms with Gasteiger partial charge in [0.15, 0.2) is 5.13 Å². The molecule has 0 fully saturated rings. The summed E-state index contributed by atoms with van der Waals surface area (Å²) in [4.78, 5) is 15.6. The van der Waals surface area contributed by atoms with E-state index in [0.29, 0.717) is 21.5 Å². The zero-order chi connectivity index (χ0) is 11.5. The van der Waals surface area contributed by atoms with Gasteiger partial charge in [-0.1, -0.05) is 23.7 Å². The van der Waals surface area contributed by atoms with Crippen LogP contribution in [0.1, 0.15) is 10.5 Å². The summed E-state index contributed by atoms with van der Waals surface area (Å²) >= 11 is 7.12. The second-order valence-electron chi connectivity index (χ2n) is 3.00. The third-order valence-corrected chi connectivity index (χ3v) is 2.88. The Labute approximate surface area is 101 Å². The van der Waals surface area contributed by atoms with E-state index in [2.05, 4.69) is 10.3 Å². The van der Waals surface area contributed by atoms with Gasteiger partial charge in [0, 0.05) is 5.38 Å². The minimum atomic E-state index is -0.318. The van der Waals surface area contributed by atoms with Crippen molar-refractivity contribution in [2.24, 2.45) is 0 Å². The molecule has 1 amide bonds. The third-order valence-electron chi connectivity index (χ3n) is 1.88. The number of rotatable bonds is 2. The molecule has 0 atom stereocenters. The number of anilines is 2. The normalized spacial score (nSPS) is 10.1. The Morgan fingerprint density at radius 1 is 1.44 bits per heavy atom. The molecule has 0 saturated carbocycles. The number of nitrogens with zero attached hydrogens (tertiary/aromatic N) is 1. The highest BCUT2D eigenvalue weighted by Crippen LogP contribution is 2.21. The van der Waals surface area contributed by atoms with Crippen LogP contribution < -0.4 is 11.1 Å². The van der Waals surface area contributed by atoms with E-state index in [1.54, 1.807) is 29.6 Å². The first-order valence-corrected chi connectivity index (χ1v) is 5.69. The maximum atomic E-state index is 11.7. The number of para-hydroxylation sites is 1. The Kier molecular flexibility index (Phi) is 3.07. The number of carbonyl (C=O) groups excluding carboxylic acids is 1. The predicted molar refractivity (Wildman–Crippen MR) is 65.9 cm³/mol. The van der Waals surface area contributed by atoms with Crippen molar-refractivity contribution in [3.05, 3.63) is 40.4 Å². The monoisotopic (exact) mass is 253 g/mol. The first-order chi connectivity index (χ1) is 7.66. The topological polar surface area (TPSA) is 68.0 Å². The quantitative estimate of drug-likeness (QED) is 0.865. The van der Waals surface area contributed by atoms with Gasteiger partial charge in [-0.05, 0) is 12.1 Å². The molecule has 4 nitrogen and oxygen atoms in total. The van der Waals surface area contributed by atoms with Crippen LogP contribution in [0.15, 0.2) is 29.6 Å². The maximum Gasteiger partial charge on any atom is 0.275 e. The number of carbonyl (C=O) groups is 1. The van der Waals surface area contributed by atoms with Crippen molar-refractivity contribution in [3.63, 3.8) is 0 Å². The summed E-state index contributed by atoms with van der Waals surface area (Å²) in [5, 5.41) is 5.11. The number of nitrogen functional groups attached to an aromatic ring is 1. The van der Waals surface area contributed by atoms with E-state index in [-0.39, 0.29) is 5.91 Å². The lowest BCUT2D eigenvalue weighted by Crippen LogP contribution is -2.12. The number of hydrogen-bond acceptors (Lipinski definition) is 4. The number of thiazole rings is 1. The fraction of sp³-hybridized carbons (Fsp3) is 0. The van der Waals surface area contributed by atoms with Crippen LogP contribution in [0.4, 0.5) is 10.8 Å². The number of amides is 1. The highest BCUT2D eigenvalue weighted by atomic mass is 35.5. The van der Waals surface area contributed by atoms with Crippen LogP contribution in [0.3, 0.4) is 0 Å². The third kappa shape index (κ3) is 2.32. The molecule has 0 spiro atoms. The lowest BCUT2D eigenvalue weighted by molar-refractivity contribution is 0.102. The first-order valence-electron chi connectivity index (χ1n) is 4.43. The number of hydrogen-bond donors (Lipinski definition) is 2. The summed E-state index contributed by atoms with van der Waals surface area (Å²) in [5.74, 6) is -0.318. The van der Waals surface area contributed by atoms with Crippen molar-refractivity contribution < 1.29 is 4.79 Å². The van der Waals surface area contributed by atoms with Gasteiger partial charge < -0.3 is 11.1 Å². The van der Waals surface area contributed by atoms with E-state index in [4.69, 9.17) is 17.3 Å². The van der Waals surface area contributed by atoms with Crippen LogP contribution in [0.5, 0.6) is 0 Å². The van der Waals surface area contributed by atoms with E-state index in [0.717, 1.165) is 0 Å². The highest BCUT2D eigenvalue weighted by Gasteiger charge is 2.10. The van der Waals surface area contributed by atoms with Crippen LogP contribution in [-0.2, 0) is 0 Å². The number of aromatic nitrogens is 1. The van der Waals surface area contributed by atoms with Crippen molar-refractivity contribution in [2.45, 2.75) is 0 Å². The Morgan fingerprint density at radius 2 is 2.19 bits per heavy atom. The van der Waals surface area contributed by atoms with Crippen molar-refractivity contribution in [1.82, 2.24) is 4.98 Å². The average Bonchev–Trinajstić information content (AvgIpc) is 2.68. The minimum absolute atomic E-state index is 0.294. The summed E-state index contributed by atoms with van der Waals surface area (Å²) in [6.45, 7) is 0. The Balaban J connectivity index is 2.17. The molecule has 0 aliphatic heterocycles. The first kappa shape index (κ1) is 10.9. The Bertz CT molecular complexity index is 526. The largest absolute Gasteiger partial charge is 0.375 e. The van der Waals surface area contributed by atoms with Gasteiger partial charge in [0.25, 0.3) is 5.91 Å². The summed E-state index contributed by atoms with van der Waals surface area (Å²) in [7, 11) is 0. The highest BCUT2D eigenvalue weighted by molar-refractivity contribution is 7.13. The van der Waals surface area contributed by atoms with E-state index < -0.39 is 0 Å². The molecule has 3 N–H and O–H groups in total. The number of nitrogens with two attached hydrogens (primary N) is 1. The molecule has 0 radical (unpaired) electrons. The van der Waals surface area contributed by atoms with Crippen LogP contribution in [0.2, 0.25) is 5.02 Å². The zero-order valence-corrected chi connectivity index (χ0v) is 9.68. The van der Waals surface area contributed by atoms with E-state index in [9.17, 15) is 4.79 Å². The van der Waals surface area contributed by atoms with E-state index in [1.165, 1.54) is 11.3 Å².